The molecule has 0 radical (unpaired) electrons. The minimum atomic E-state index is -0.341. The number of amides is 1. The van der Waals surface area contributed by atoms with Gasteiger partial charge in [0.15, 0.2) is 11.0 Å². The Kier molecular flexibility index (Phi) is 6.41. The largest absolute Gasteiger partial charge is 0.325 e. The predicted molar refractivity (Wildman–Crippen MR) is 112 cm³/mol. The third kappa shape index (κ3) is 4.84. The van der Waals surface area contributed by atoms with Gasteiger partial charge in [0, 0.05) is 34.7 Å². The number of rotatable bonds is 7. The number of nitrogens with zero attached hydrogens (tertiary/aromatic N) is 4. The molecule has 1 amide bonds. The first kappa shape index (κ1) is 19.3. The monoisotopic (exact) mass is 443 g/mol. The molecule has 0 aliphatic carbocycles. The molecule has 0 aliphatic rings. The van der Waals surface area contributed by atoms with E-state index in [1.165, 1.54) is 11.8 Å². The number of allylic oxidation sites excluding steroid dienone is 1. The molecule has 3 rings (SSSR count). The second-order valence-corrected chi connectivity index (χ2v) is 7.92. The zero-order valence-electron chi connectivity index (χ0n) is 14.7. The molecule has 1 atom stereocenters. The number of anilines is 1. The predicted octanol–water partition coefficient (Wildman–Crippen LogP) is 4.41. The van der Waals surface area contributed by atoms with Gasteiger partial charge < -0.3 is 5.32 Å². The molecule has 0 aliphatic heterocycles. The highest BCUT2D eigenvalue weighted by molar-refractivity contribution is 9.10. The minimum absolute atomic E-state index is 0.0964. The van der Waals surface area contributed by atoms with Crippen LogP contribution in [0.15, 0.2) is 71.1 Å². The summed E-state index contributed by atoms with van der Waals surface area (Å²) in [5, 5.41) is 11.8. The van der Waals surface area contributed by atoms with Gasteiger partial charge in [-0.1, -0.05) is 33.8 Å². The first-order valence-corrected chi connectivity index (χ1v) is 9.93. The summed E-state index contributed by atoms with van der Waals surface area (Å²) in [5.41, 5.74) is 1.67. The highest BCUT2D eigenvalue weighted by Gasteiger charge is 2.20. The van der Waals surface area contributed by atoms with Gasteiger partial charge in [-0.2, -0.15) is 0 Å². The van der Waals surface area contributed by atoms with Gasteiger partial charge in [-0.15, -0.1) is 16.8 Å². The second kappa shape index (κ2) is 8.96. The highest BCUT2D eigenvalue weighted by Crippen LogP contribution is 2.27. The van der Waals surface area contributed by atoms with E-state index in [4.69, 9.17) is 0 Å². The molecule has 2 heterocycles. The maximum atomic E-state index is 12.5. The van der Waals surface area contributed by atoms with Crippen molar-refractivity contribution in [3.63, 3.8) is 0 Å². The first-order valence-electron chi connectivity index (χ1n) is 8.26. The van der Waals surface area contributed by atoms with Crippen LogP contribution in [0.1, 0.15) is 6.92 Å². The molecule has 27 heavy (non-hydrogen) atoms. The topological polar surface area (TPSA) is 72.7 Å². The molecule has 2 aromatic heterocycles. The minimum Gasteiger partial charge on any atom is -0.325 e. The Bertz CT molecular complexity index is 927. The molecule has 1 N–H and O–H groups in total. The molecular formula is C19H18BrN5OS. The summed E-state index contributed by atoms with van der Waals surface area (Å²) in [6.45, 7) is 6.20. The molecule has 0 fully saturated rings. The van der Waals surface area contributed by atoms with Crippen molar-refractivity contribution < 1.29 is 4.79 Å². The van der Waals surface area contributed by atoms with Crippen LogP contribution in [0, 0.1) is 0 Å². The van der Waals surface area contributed by atoms with Crippen molar-refractivity contribution >= 4 is 39.3 Å². The summed E-state index contributed by atoms with van der Waals surface area (Å²) in [5.74, 6) is 0.626. The number of carbonyl (C=O) groups excluding carboxylic acids is 1. The number of hydrogen-bond acceptors (Lipinski definition) is 5. The van der Waals surface area contributed by atoms with E-state index in [9.17, 15) is 4.79 Å². The zero-order chi connectivity index (χ0) is 19.2. The number of pyridine rings is 1. The van der Waals surface area contributed by atoms with Crippen LogP contribution in [0.4, 0.5) is 5.69 Å². The fourth-order valence-electron chi connectivity index (χ4n) is 2.37. The molecule has 0 saturated carbocycles. The van der Waals surface area contributed by atoms with Gasteiger partial charge in [0.25, 0.3) is 0 Å². The Morgan fingerprint density at radius 3 is 2.63 bits per heavy atom. The van der Waals surface area contributed by atoms with Crippen LogP contribution in [-0.4, -0.2) is 30.9 Å². The maximum Gasteiger partial charge on any atom is 0.237 e. The smallest absolute Gasteiger partial charge is 0.237 e. The Morgan fingerprint density at radius 2 is 1.96 bits per heavy atom. The average Bonchev–Trinajstić information content (AvgIpc) is 3.07. The molecule has 138 valence electrons. The van der Waals surface area contributed by atoms with E-state index in [-0.39, 0.29) is 11.2 Å². The molecular weight excluding hydrogens is 426 g/mol. The average molecular weight is 444 g/mol. The van der Waals surface area contributed by atoms with E-state index in [2.05, 4.69) is 43.0 Å². The number of hydrogen-bond donors (Lipinski definition) is 1. The van der Waals surface area contributed by atoms with Crippen LogP contribution in [0.3, 0.4) is 0 Å². The third-order valence-corrected chi connectivity index (χ3v) is 5.34. The zero-order valence-corrected chi connectivity index (χ0v) is 17.1. The van der Waals surface area contributed by atoms with E-state index in [1.54, 1.807) is 18.5 Å². The molecule has 1 unspecified atom stereocenters. The van der Waals surface area contributed by atoms with E-state index >= 15 is 0 Å². The standard InChI is InChI=1S/C19H18BrN5OS/c1-3-12-25-17(14-8-10-21-11-9-14)23-24-19(25)27-13(2)18(26)22-16-6-4-15(20)5-7-16/h3-11,13H,1,12H2,2H3,(H,22,26). The molecule has 0 bridgehead atoms. The molecule has 6 nitrogen and oxygen atoms in total. The summed E-state index contributed by atoms with van der Waals surface area (Å²) >= 11 is 4.74. The lowest BCUT2D eigenvalue weighted by Crippen LogP contribution is -2.22. The highest BCUT2D eigenvalue weighted by atomic mass is 79.9. The van der Waals surface area contributed by atoms with Gasteiger partial charge in [0.05, 0.1) is 5.25 Å². The fourth-order valence-corrected chi connectivity index (χ4v) is 3.50. The number of nitrogens with one attached hydrogen (secondary N) is 1. The van der Waals surface area contributed by atoms with Crippen LogP contribution < -0.4 is 5.32 Å². The summed E-state index contributed by atoms with van der Waals surface area (Å²) in [4.78, 5) is 16.5. The summed E-state index contributed by atoms with van der Waals surface area (Å²) in [7, 11) is 0. The lowest BCUT2D eigenvalue weighted by molar-refractivity contribution is -0.115. The van der Waals surface area contributed by atoms with Gasteiger partial charge in [0.1, 0.15) is 0 Å². The van der Waals surface area contributed by atoms with Gasteiger partial charge in [-0.3, -0.25) is 14.3 Å². The van der Waals surface area contributed by atoms with E-state index in [0.717, 1.165) is 21.5 Å². The quantitative estimate of drug-likeness (QED) is 0.432. The van der Waals surface area contributed by atoms with Crippen LogP contribution in [0.5, 0.6) is 0 Å². The molecule has 3 aromatic rings. The van der Waals surface area contributed by atoms with Crippen molar-refractivity contribution in [1.29, 1.82) is 0 Å². The number of halogens is 1. The Balaban J connectivity index is 1.76. The third-order valence-electron chi connectivity index (χ3n) is 3.73. The summed E-state index contributed by atoms with van der Waals surface area (Å²) in [6, 6.07) is 11.2. The first-order chi connectivity index (χ1) is 13.1. The van der Waals surface area contributed by atoms with Crippen LogP contribution >= 0.6 is 27.7 Å². The lowest BCUT2D eigenvalue weighted by atomic mass is 10.2. The SMILES string of the molecule is C=CCn1c(SC(C)C(=O)Nc2ccc(Br)cc2)nnc1-c1ccncc1. The lowest BCUT2D eigenvalue weighted by Gasteiger charge is -2.13. The van der Waals surface area contributed by atoms with E-state index < -0.39 is 0 Å². The van der Waals surface area contributed by atoms with Crippen molar-refractivity contribution in [3.8, 4) is 11.4 Å². The van der Waals surface area contributed by atoms with Crippen molar-refractivity contribution in [3.05, 3.63) is 65.9 Å². The fraction of sp³-hybridized carbons (Fsp3) is 0.158. The summed E-state index contributed by atoms with van der Waals surface area (Å²) < 4.78 is 2.90. The molecule has 1 aromatic carbocycles. The maximum absolute atomic E-state index is 12.5. The van der Waals surface area contributed by atoms with E-state index in [0.29, 0.717) is 11.7 Å². The number of aromatic nitrogens is 4. The van der Waals surface area contributed by atoms with Crippen LogP contribution in [0.25, 0.3) is 11.4 Å². The van der Waals surface area contributed by atoms with Crippen LogP contribution in [0.2, 0.25) is 0 Å². The van der Waals surface area contributed by atoms with E-state index in [1.807, 2.05) is 47.9 Å². The van der Waals surface area contributed by atoms with Crippen LogP contribution in [-0.2, 0) is 11.3 Å². The van der Waals surface area contributed by atoms with Crippen molar-refractivity contribution in [2.75, 3.05) is 5.32 Å². The van der Waals surface area contributed by atoms with Gasteiger partial charge >= 0.3 is 0 Å². The van der Waals surface area contributed by atoms with Crippen molar-refractivity contribution in [2.24, 2.45) is 0 Å². The number of thioether (sulfide) groups is 1. The number of carbonyl (C=O) groups is 1. The Hall–Kier alpha value is -2.45. The molecule has 8 heteroatoms. The summed E-state index contributed by atoms with van der Waals surface area (Å²) in [6.07, 6.45) is 5.21. The van der Waals surface area contributed by atoms with Crippen molar-refractivity contribution in [2.45, 2.75) is 23.9 Å². The molecule has 0 spiro atoms. The van der Waals surface area contributed by atoms with Crippen molar-refractivity contribution in [1.82, 2.24) is 19.7 Å². The van der Waals surface area contributed by atoms with Gasteiger partial charge in [-0.05, 0) is 43.3 Å². The molecule has 0 saturated heterocycles. The number of benzene rings is 1. The second-order valence-electron chi connectivity index (χ2n) is 5.70. The Morgan fingerprint density at radius 1 is 1.26 bits per heavy atom. The Labute approximate surface area is 170 Å². The van der Waals surface area contributed by atoms with Gasteiger partial charge in [-0.25, -0.2) is 0 Å². The van der Waals surface area contributed by atoms with Gasteiger partial charge in [0.2, 0.25) is 5.91 Å². The normalized spacial score (nSPS) is 11.8.